The summed E-state index contributed by atoms with van der Waals surface area (Å²) in [7, 11) is 0. The molecular weight excluding hydrogens is 356 g/mol. The minimum absolute atomic E-state index is 0.0135. The van der Waals surface area contributed by atoms with Crippen LogP contribution < -0.4 is 15.4 Å². The van der Waals surface area contributed by atoms with Crippen molar-refractivity contribution in [3.05, 3.63) is 59.7 Å². The van der Waals surface area contributed by atoms with Crippen LogP contribution in [0.5, 0.6) is 5.75 Å². The number of nitrogens with one attached hydrogen (secondary N) is 2. The number of anilines is 1. The number of amides is 1. The molecular formula is C20H24N6O2. The Morgan fingerprint density at radius 2 is 1.93 bits per heavy atom. The van der Waals surface area contributed by atoms with E-state index in [1.54, 1.807) is 4.68 Å². The van der Waals surface area contributed by atoms with Gasteiger partial charge in [-0.1, -0.05) is 18.2 Å². The second kappa shape index (κ2) is 8.98. The van der Waals surface area contributed by atoms with Crippen LogP contribution in [0, 0.1) is 20.8 Å². The Kier molecular flexibility index (Phi) is 6.21. The zero-order chi connectivity index (χ0) is 19.9. The van der Waals surface area contributed by atoms with Crippen molar-refractivity contribution in [2.75, 3.05) is 25.0 Å². The summed E-state index contributed by atoms with van der Waals surface area (Å²) in [6.07, 6.45) is 1.49. The third kappa shape index (κ3) is 5.06. The third-order valence-electron chi connectivity index (χ3n) is 4.08. The lowest BCUT2D eigenvalue weighted by Gasteiger charge is -2.10. The van der Waals surface area contributed by atoms with Crippen LogP contribution in [0.25, 0.3) is 5.82 Å². The average molecular weight is 380 g/mol. The minimum atomic E-state index is -0.170. The van der Waals surface area contributed by atoms with Crippen LogP contribution in [-0.4, -0.2) is 45.4 Å². The molecule has 0 atom stereocenters. The van der Waals surface area contributed by atoms with Crippen LogP contribution in [0.4, 0.5) is 5.82 Å². The predicted molar refractivity (Wildman–Crippen MR) is 107 cm³/mol. The van der Waals surface area contributed by atoms with E-state index in [4.69, 9.17) is 4.74 Å². The highest BCUT2D eigenvalue weighted by Gasteiger charge is 2.07. The van der Waals surface area contributed by atoms with Gasteiger partial charge >= 0.3 is 0 Å². The molecule has 3 rings (SSSR count). The molecule has 0 aliphatic rings. The van der Waals surface area contributed by atoms with Crippen LogP contribution >= 0.6 is 0 Å². The maximum atomic E-state index is 11.9. The second-order valence-corrected chi connectivity index (χ2v) is 6.43. The van der Waals surface area contributed by atoms with Gasteiger partial charge in [0.1, 0.15) is 17.9 Å². The summed E-state index contributed by atoms with van der Waals surface area (Å²) in [5.41, 5.74) is 2.93. The molecule has 8 heteroatoms. The Bertz CT molecular complexity index is 953. The molecule has 2 aromatic heterocycles. The summed E-state index contributed by atoms with van der Waals surface area (Å²) in [5, 5.41) is 10.4. The Balaban J connectivity index is 1.44. The van der Waals surface area contributed by atoms with E-state index in [1.807, 2.05) is 57.2 Å². The topological polar surface area (TPSA) is 94.0 Å². The zero-order valence-electron chi connectivity index (χ0n) is 16.3. The first kappa shape index (κ1) is 19.3. The molecule has 2 heterocycles. The number of hydrogen-bond donors (Lipinski definition) is 2. The van der Waals surface area contributed by atoms with Crippen molar-refractivity contribution in [3.63, 3.8) is 0 Å². The smallest absolute Gasteiger partial charge is 0.258 e. The van der Waals surface area contributed by atoms with Crippen molar-refractivity contribution in [1.82, 2.24) is 25.1 Å². The molecule has 0 spiro atoms. The van der Waals surface area contributed by atoms with E-state index >= 15 is 0 Å². The van der Waals surface area contributed by atoms with Crippen LogP contribution in [0.2, 0.25) is 0 Å². The van der Waals surface area contributed by atoms with Crippen molar-refractivity contribution < 1.29 is 9.53 Å². The van der Waals surface area contributed by atoms with E-state index in [-0.39, 0.29) is 12.5 Å². The molecule has 2 N–H and O–H groups in total. The largest absolute Gasteiger partial charge is 0.484 e. The molecule has 0 radical (unpaired) electrons. The van der Waals surface area contributed by atoms with Gasteiger partial charge in [0, 0.05) is 24.8 Å². The first-order chi connectivity index (χ1) is 13.5. The van der Waals surface area contributed by atoms with Gasteiger partial charge in [0.25, 0.3) is 5.91 Å². The number of nitrogens with zero attached hydrogens (tertiary/aromatic N) is 4. The number of benzene rings is 1. The molecule has 1 aromatic carbocycles. The number of aromatic nitrogens is 4. The van der Waals surface area contributed by atoms with Gasteiger partial charge in [0.2, 0.25) is 0 Å². The maximum Gasteiger partial charge on any atom is 0.258 e. The first-order valence-electron chi connectivity index (χ1n) is 9.07. The van der Waals surface area contributed by atoms with E-state index in [0.29, 0.717) is 30.5 Å². The molecule has 0 saturated carbocycles. The Labute approximate surface area is 164 Å². The fourth-order valence-electron chi connectivity index (χ4n) is 2.73. The Morgan fingerprint density at radius 1 is 1.11 bits per heavy atom. The SMILES string of the molecule is Cc1cc(C)n(-c2cc(NCCNC(=O)COc3ccccc3C)ncn2)n1. The van der Waals surface area contributed by atoms with Crippen molar-refractivity contribution in [3.8, 4) is 11.6 Å². The third-order valence-corrected chi connectivity index (χ3v) is 4.08. The number of rotatable bonds is 8. The van der Waals surface area contributed by atoms with E-state index in [2.05, 4.69) is 25.7 Å². The Morgan fingerprint density at radius 3 is 2.68 bits per heavy atom. The predicted octanol–water partition coefficient (Wildman–Crippen LogP) is 2.19. The number of carbonyl (C=O) groups is 1. The molecule has 0 bridgehead atoms. The molecule has 8 nitrogen and oxygen atoms in total. The maximum absolute atomic E-state index is 11.9. The molecule has 0 aliphatic heterocycles. The zero-order valence-corrected chi connectivity index (χ0v) is 16.3. The number of carbonyl (C=O) groups excluding carboxylic acids is 1. The van der Waals surface area contributed by atoms with Crippen molar-refractivity contribution >= 4 is 11.7 Å². The lowest BCUT2D eigenvalue weighted by molar-refractivity contribution is -0.123. The van der Waals surface area contributed by atoms with Gasteiger partial charge in [-0.3, -0.25) is 4.79 Å². The van der Waals surface area contributed by atoms with Gasteiger partial charge in [-0.25, -0.2) is 14.6 Å². The lowest BCUT2D eigenvalue weighted by Crippen LogP contribution is -2.32. The van der Waals surface area contributed by atoms with Gasteiger partial charge in [-0.2, -0.15) is 5.10 Å². The summed E-state index contributed by atoms with van der Waals surface area (Å²) in [6.45, 7) is 6.83. The fourth-order valence-corrected chi connectivity index (χ4v) is 2.73. The van der Waals surface area contributed by atoms with Gasteiger partial charge in [0.05, 0.1) is 5.69 Å². The second-order valence-electron chi connectivity index (χ2n) is 6.43. The van der Waals surface area contributed by atoms with E-state index < -0.39 is 0 Å². The van der Waals surface area contributed by atoms with Gasteiger partial charge in [-0.15, -0.1) is 0 Å². The van der Waals surface area contributed by atoms with Crippen LogP contribution in [0.1, 0.15) is 17.0 Å². The molecule has 1 amide bonds. The fraction of sp³-hybridized carbons (Fsp3) is 0.300. The van der Waals surface area contributed by atoms with Crippen molar-refractivity contribution in [1.29, 1.82) is 0 Å². The number of ether oxygens (including phenoxy) is 1. The summed E-state index contributed by atoms with van der Waals surface area (Å²) >= 11 is 0. The lowest BCUT2D eigenvalue weighted by atomic mass is 10.2. The molecule has 0 saturated heterocycles. The number of hydrogen-bond acceptors (Lipinski definition) is 6. The van der Waals surface area contributed by atoms with Crippen molar-refractivity contribution in [2.24, 2.45) is 0 Å². The molecule has 0 aliphatic carbocycles. The summed E-state index contributed by atoms with van der Waals surface area (Å²) in [4.78, 5) is 20.4. The standard InChI is InChI=1S/C20H24N6O2/c1-14-6-4-5-7-17(14)28-12-20(27)22-9-8-21-18-11-19(24-13-23-18)26-16(3)10-15(2)25-26/h4-7,10-11,13H,8-9,12H2,1-3H3,(H,22,27)(H,21,23,24). The molecule has 0 unspecified atom stereocenters. The minimum Gasteiger partial charge on any atom is -0.484 e. The van der Waals surface area contributed by atoms with Crippen molar-refractivity contribution in [2.45, 2.75) is 20.8 Å². The number of para-hydroxylation sites is 1. The quantitative estimate of drug-likeness (QED) is 0.582. The van der Waals surface area contributed by atoms with Gasteiger partial charge in [0.15, 0.2) is 12.4 Å². The highest BCUT2D eigenvalue weighted by molar-refractivity contribution is 5.77. The molecule has 146 valence electrons. The van der Waals surface area contributed by atoms with E-state index in [9.17, 15) is 4.79 Å². The summed E-state index contributed by atoms with van der Waals surface area (Å²) < 4.78 is 7.30. The van der Waals surface area contributed by atoms with Crippen LogP contribution in [0.3, 0.4) is 0 Å². The first-order valence-corrected chi connectivity index (χ1v) is 9.07. The Hall–Kier alpha value is -3.42. The molecule has 3 aromatic rings. The molecule has 0 fully saturated rings. The highest BCUT2D eigenvalue weighted by atomic mass is 16.5. The summed E-state index contributed by atoms with van der Waals surface area (Å²) in [5.74, 6) is 1.91. The number of aryl methyl sites for hydroxylation is 3. The normalized spacial score (nSPS) is 10.5. The van der Waals surface area contributed by atoms with Gasteiger partial charge in [-0.05, 0) is 38.5 Å². The van der Waals surface area contributed by atoms with E-state index in [1.165, 1.54) is 6.33 Å². The summed E-state index contributed by atoms with van der Waals surface area (Å²) in [6, 6.07) is 11.4. The highest BCUT2D eigenvalue weighted by Crippen LogP contribution is 2.15. The van der Waals surface area contributed by atoms with Crippen LogP contribution in [0.15, 0.2) is 42.7 Å². The van der Waals surface area contributed by atoms with Gasteiger partial charge < -0.3 is 15.4 Å². The molecule has 28 heavy (non-hydrogen) atoms. The average Bonchev–Trinajstić information content (AvgIpc) is 3.03. The van der Waals surface area contributed by atoms with E-state index in [0.717, 1.165) is 17.0 Å². The van der Waals surface area contributed by atoms with Crippen LogP contribution in [-0.2, 0) is 4.79 Å². The monoisotopic (exact) mass is 380 g/mol.